The zero-order valence-corrected chi connectivity index (χ0v) is 16.9. The van der Waals surface area contributed by atoms with E-state index >= 15 is 0 Å². The first-order chi connectivity index (χ1) is 12.8. The van der Waals surface area contributed by atoms with Crippen molar-refractivity contribution in [1.82, 2.24) is 0 Å². The van der Waals surface area contributed by atoms with Crippen molar-refractivity contribution in [2.45, 2.75) is 48.1 Å². The molecule has 4 fully saturated rings. The van der Waals surface area contributed by atoms with Crippen LogP contribution in [-0.4, -0.2) is 33.4 Å². The van der Waals surface area contributed by atoms with Crippen LogP contribution in [0.4, 0.5) is 0 Å². The summed E-state index contributed by atoms with van der Waals surface area (Å²) in [5.74, 6) is 0.442. The standard InChI is InChI=1S/C20H19NO4S2/c1-10-16(22)20-8-18(2,21-4)14(15(20)17(23)19(10,3)26-27-20)11-5-6-12-13(7-11)25-9-24-12/h5-7,10,14-15H,8-9H2,1-3H3/t10?,14-,15?,18+,19?,20-/m1/s1. The molecule has 0 N–H and O–H groups in total. The molecule has 1 spiro atoms. The van der Waals surface area contributed by atoms with E-state index in [1.54, 1.807) is 0 Å². The average molecular weight is 402 g/mol. The summed E-state index contributed by atoms with van der Waals surface area (Å²) in [6.07, 6.45) is 0.413. The third kappa shape index (κ3) is 1.93. The van der Waals surface area contributed by atoms with E-state index in [0.717, 1.165) is 5.56 Å². The quantitative estimate of drug-likeness (QED) is 0.526. The topological polar surface area (TPSA) is 57.0 Å². The summed E-state index contributed by atoms with van der Waals surface area (Å²) in [6, 6.07) is 5.65. The van der Waals surface area contributed by atoms with Crippen LogP contribution in [0.15, 0.2) is 18.2 Å². The van der Waals surface area contributed by atoms with Crippen LogP contribution in [-0.2, 0) is 9.59 Å². The number of Topliss-reactive ketones (excluding diaryl/α,β-unsaturated/α-hetero) is 2. The molecule has 3 unspecified atom stereocenters. The highest BCUT2D eigenvalue weighted by Gasteiger charge is 2.78. The number of carbonyl (C=O) groups excluding carboxylic acids is 2. The molecule has 0 radical (unpaired) electrons. The molecular weight excluding hydrogens is 382 g/mol. The Labute approximate surface area is 165 Å². The van der Waals surface area contributed by atoms with Crippen molar-refractivity contribution in [3.8, 4) is 11.5 Å². The number of rotatable bonds is 1. The number of fused-ring (bicyclic) bond motifs is 3. The predicted molar refractivity (Wildman–Crippen MR) is 104 cm³/mol. The van der Waals surface area contributed by atoms with E-state index in [0.29, 0.717) is 17.9 Å². The summed E-state index contributed by atoms with van der Waals surface area (Å²) in [4.78, 5) is 31.0. The largest absolute Gasteiger partial charge is 0.454 e. The van der Waals surface area contributed by atoms with Gasteiger partial charge < -0.3 is 14.3 Å². The van der Waals surface area contributed by atoms with Crippen LogP contribution >= 0.6 is 21.6 Å². The van der Waals surface area contributed by atoms with Crippen molar-refractivity contribution in [2.24, 2.45) is 11.8 Å². The minimum atomic E-state index is -0.813. The van der Waals surface area contributed by atoms with Crippen molar-refractivity contribution < 1.29 is 19.1 Å². The Morgan fingerprint density at radius 1 is 1.11 bits per heavy atom. The Kier molecular flexibility index (Phi) is 3.38. The summed E-state index contributed by atoms with van der Waals surface area (Å²) in [7, 11) is 3.06. The lowest BCUT2D eigenvalue weighted by molar-refractivity contribution is -0.141. The third-order valence-electron chi connectivity index (χ3n) is 6.91. The lowest BCUT2D eigenvalue weighted by Gasteiger charge is -2.53. The van der Waals surface area contributed by atoms with Crippen LogP contribution in [0.25, 0.3) is 4.85 Å². The van der Waals surface area contributed by atoms with Crippen LogP contribution in [0.5, 0.6) is 11.5 Å². The van der Waals surface area contributed by atoms with E-state index in [9.17, 15) is 9.59 Å². The smallest absolute Gasteiger partial charge is 0.239 e. The minimum absolute atomic E-state index is 0.119. The molecule has 1 aromatic carbocycles. The van der Waals surface area contributed by atoms with Gasteiger partial charge in [0.2, 0.25) is 12.3 Å². The van der Waals surface area contributed by atoms with Crippen molar-refractivity contribution in [1.29, 1.82) is 0 Å². The van der Waals surface area contributed by atoms with Gasteiger partial charge in [-0.1, -0.05) is 34.6 Å². The summed E-state index contributed by atoms with van der Waals surface area (Å²) in [5, 5.41) is 0. The first kappa shape index (κ1) is 17.4. The molecule has 140 valence electrons. The van der Waals surface area contributed by atoms with Gasteiger partial charge in [0, 0.05) is 19.3 Å². The predicted octanol–water partition coefficient (Wildman–Crippen LogP) is 3.88. The summed E-state index contributed by atoms with van der Waals surface area (Å²) in [5.41, 5.74) is 0.0715. The summed E-state index contributed by atoms with van der Waals surface area (Å²) < 4.78 is 9.39. The molecule has 3 aliphatic heterocycles. The number of benzene rings is 1. The Morgan fingerprint density at radius 2 is 1.85 bits per heavy atom. The first-order valence-electron chi connectivity index (χ1n) is 9.00. The van der Waals surface area contributed by atoms with E-state index in [-0.39, 0.29) is 30.2 Å². The highest BCUT2D eigenvalue weighted by molar-refractivity contribution is 8.78. The van der Waals surface area contributed by atoms with Gasteiger partial charge in [-0.2, -0.15) is 0 Å². The molecule has 2 bridgehead atoms. The number of hydrogen-bond donors (Lipinski definition) is 0. The lowest BCUT2D eigenvalue weighted by Crippen LogP contribution is -2.65. The first-order valence-corrected chi connectivity index (χ1v) is 11.2. The third-order valence-corrected chi connectivity index (χ3v) is 11.0. The van der Waals surface area contributed by atoms with Gasteiger partial charge in [-0.05, 0) is 24.6 Å². The fraction of sp³-hybridized carbons (Fsp3) is 0.550. The molecule has 2 saturated carbocycles. The monoisotopic (exact) mass is 401 g/mol. The number of ether oxygens (including phenoxy) is 2. The van der Waals surface area contributed by atoms with Crippen molar-refractivity contribution in [3.63, 3.8) is 0 Å². The van der Waals surface area contributed by atoms with Crippen LogP contribution in [0, 0.1) is 18.4 Å². The molecule has 0 aromatic heterocycles. The maximum atomic E-state index is 13.6. The number of ketones is 2. The van der Waals surface area contributed by atoms with Crippen molar-refractivity contribution in [3.05, 3.63) is 35.2 Å². The Hall–Kier alpha value is -1.65. The van der Waals surface area contributed by atoms with Gasteiger partial charge in [0.25, 0.3) is 0 Å². The van der Waals surface area contributed by atoms with Gasteiger partial charge in [-0.3, -0.25) is 9.59 Å². The van der Waals surface area contributed by atoms with Gasteiger partial charge in [-0.15, -0.1) is 0 Å². The fourth-order valence-electron chi connectivity index (χ4n) is 5.29. The van der Waals surface area contributed by atoms with E-state index in [1.165, 1.54) is 21.6 Å². The molecule has 2 aliphatic carbocycles. The highest BCUT2D eigenvalue weighted by atomic mass is 33.1. The SMILES string of the molecule is [C-]#[N+][C@@]1(C)C[C@@]23SSC(C)(C(=O)C2[C@H]1c1ccc2c(c1)OCO2)C(C)C3=O. The zero-order chi connectivity index (χ0) is 19.2. The normalized spacial score (nSPS) is 44.3. The van der Waals surface area contributed by atoms with Crippen molar-refractivity contribution >= 4 is 33.2 Å². The molecule has 6 atom stereocenters. The van der Waals surface area contributed by atoms with Crippen LogP contribution in [0.1, 0.15) is 38.7 Å². The van der Waals surface area contributed by atoms with Gasteiger partial charge in [-0.25, -0.2) is 6.57 Å². The van der Waals surface area contributed by atoms with E-state index in [2.05, 4.69) is 4.85 Å². The molecule has 5 nitrogen and oxygen atoms in total. The fourth-order valence-corrected chi connectivity index (χ4v) is 9.40. The Bertz CT molecular complexity index is 942. The molecular formula is C20H19NO4S2. The number of carbonyl (C=O) groups is 2. The zero-order valence-electron chi connectivity index (χ0n) is 15.3. The molecule has 1 aromatic rings. The molecule has 3 heterocycles. The molecule has 5 aliphatic rings. The van der Waals surface area contributed by atoms with Crippen LogP contribution in [0.3, 0.4) is 0 Å². The minimum Gasteiger partial charge on any atom is -0.454 e. The second-order valence-corrected chi connectivity index (χ2v) is 11.2. The second kappa shape index (κ2) is 5.24. The highest BCUT2D eigenvalue weighted by Crippen LogP contribution is 2.72. The van der Waals surface area contributed by atoms with Crippen LogP contribution in [0.2, 0.25) is 0 Å². The van der Waals surface area contributed by atoms with Gasteiger partial charge in [0.15, 0.2) is 23.1 Å². The number of hydrogen-bond acceptors (Lipinski definition) is 6. The van der Waals surface area contributed by atoms with E-state index < -0.39 is 21.0 Å². The Morgan fingerprint density at radius 3 is 2.59 bits per heavy atom. The second-order valence-electron chi connectivity index (χ2n) is 8.33. The molecule has 27 heavy (non-hydrogen) atoms. The van der Waals surface area contributed by atoms with Gasteiger partial charge >= 0.3 is 0 Å². The maximum absolute atomic E-state index is 13.6. The summed E-state index contributed by atoms with van der Waals surface area (Å²) in [6.45, 7) is 13.8. The van der Waals surface area contributed by atoms with E-state index in [1.807, 2.05) is 39.0 Å². The van der Waals surface area contributed by atoms with E-state index in [4.69, 9.17) is 16.0 Å². The van der Waals surface area contributed by atoms with Crippen molar-refractivity contribution in [2.75, 3.05) is 6.79 Å². The number of nitrogens with zero attached hydrogens (tertiary/aromatic N) is 1. The van der Waals surface area contributed by atoms with Gasteiger partial charge in [0.1, 0.15) is 4.75 Å². The Balaban J connectivity index is 1.71. The average Bonchev–Trinajstić information content (AvgIpc) is 3.23. The van der Waals surface area contributed by atoms with Gasteiger partial charge in [0.05, 0.1) is 16.6 Å². The molecule has 7 heteroatoms. The molecule has 2 saturated heterocycles. The maximum Gasteiger partial charge on any atom is 0.239 e. The lowest BCUT2D eigenvalue weighted by atomic mass is 9.64. The van der Waals surface area contributed by atoms with Crippen LogP contribution < -0.4 is 9.47 Å². The molecule has 6 rings (SSSR count). The summed E-state index contributed by atoms with van der Waals surface area (Å²) >= 11 is 0. The molecule has 0 amide bonds.